The van der Waals surface area contributed by atoms with Crippen molar-refractivity contribution in [3.8, 4) is 0 Å². The van der Waals surface area contributed by atoms with Crippen LogP contribution in [-0.4, -0.2) is 42.4 Å². The molecule has 1 rings (SSSR count). The number of likely N-dealkylation sites (tertiary alicyclic amines) is 1. The number of amides is 1. The third-order valence-corrected chi connectivity index (χ3v) is 5.31. The second kappa shape index (κ2) is 9.23. The maximum Gasteiger partial charge on any atom is 0.407 e. The number of allylic oxidation sites excluding steroid dienone is 1. The van der Waals surface area contributed by atoms with Gasteiger partial charge >= 0.3 is 13.7 Å². The lowest BCUT2D eigenvalue weighted by Crippen LogP contribution is -2.30. The van der Waals surface area contributed by atoms with Gasteiger partial charge in [-0.15, -0.1) is 0 Å². The molecule has 1 heterocycles. The fourth-order valence-corrected chi connectivity index (χ4v) is 3.80. The lowest BCUT2D eigenvalue weighted by atomic mass is 9.97. The van der Waals surface area contributed by atoms with Crippen molar-refractivity contribution in [2.75, 3.05) is 26.3 Å². The largest absolute Gasteiger partial charge is 0.465 e. The summed E-state index contributed by atoms with van der Waals surface area (Å²) < 4.78 is 22.6. The third kappa shape index (κ3) is 6.64. The molecule has 122 valence electrons. The van der Waals surface area contributed by atoms with Gasteiger partial charge in [-0.1, -0.05) is 6.08 Å². The van der Waals surface area contributed by atoms with Gasteiger partial charge in [0.25, 0.3) is 0 Å². The van der Waals surface area contributed by atoms with Gasteiger partial charge in [0, 0.05) is 18.9 Å². The molecule has 0 aliphatic carbocycles. The molecule has 6 nitrogen and oxygen atoms in total. The molecule has 1 aliphatic heterocycles. The molecule has 0 aromatic heterocycles. The summed E-state index contributed by atoms with van der Waals surface area (Å²) in [5.41, 5.74) is 0. The van der Waals surface area contributed by atoms with Crippen LogP contribution in [0.25, 0.3) is 0 Å². The molecule has 21 heavy (non-hydrogen) atoms. The van der Waals surface area contributed by atoms with Gasteiger partial charge < -0.3 is 19.1 Å². The Morgan fingerprint density at radius 1 is 1.29 bits per heavy atom. The lowest BCUT2D eigenvalue weighted by molar-refractivity contribution is 0.146. The Kier molecular flexibility index (Phi) is 8.01. The molecule has 1 aliphatic rings. The average molecular weight is 319 g/mol. The van der Waals surface area contributed by atoms with E-state index in [9.17, 15) is 9.36 Å². The first-order valence-corrected chi connectivity index (χ1v) is 9.16. The highest BCUT2D eigenvalue weighted by molar-refractivity contribution is 7.57. The Labute approximate surface area is 126 Å². The topological polar surface area (TPSA) is 76.1 Å². The van der Waals surface area contributed by atoms with Crippen molar-refractivity contribution in [1.29, 1.82) is 0 Å². The van der Waals surface area contributed by atoms with Crippen molar-refractivity contribution in [2.45, 2.75) is 39.5 Å². The number of carbonyl (C=O) groups is 1. The first kappa shape index (κ1) is 18.2. The number of rotatable bonds is 7. The maximum atomic E-state index is 12.2. The fourth-order valence-electron chi connectivity index (χ4n) is 2.46. The number of hydrogen-bond acceptors (Lipinski definition) is 4. The monoisotopic (exact) mass is 319 g/mol. The molecule has 0 aromatic carbocycles. The zero-order valence-electron chi connectivity index (χ0n) is 12.9. The van der Waals surface area contributed by atoms with Gasteiger partial charge in [-0.05, 0) is 45.4 Å². The molecule has 1 atom stereocenters. The second-order valence-corrected chi connectivity index (χ2v) is 6.96. The van der Waals surface area contributed by atoms with E-state index < -0.39 is 13.7 Å². The molecular weight excluding hydrogens is 293 g/mol. The van der Waals surface area contributed by atoms with Crippen LogP contribution in [0, 0.1) is 5.92 Å². The summed E-state index contributed by atoms with van der Waals surface area (Å²) in [6, 6.07) is 0. The number of carboxylic acid groups (broad SMARTS) is 1. The van der Waals surface area contributed by atoms with Crippen LogP contribution in [0.5, 0.6) is 0 Å². The highest BCUT2D eigenvalue weighted by Gasteiger charge is 2.21. The van der Waals surface area contributed by atoms with Gasteiger partial charge in [-0.2, -0.15) is 0 Å². The second-order valence-electron chi connectivity index (χ2n) is 5.06. The predicted molar refractivity (Wildman–Crippen MR) is 81.6 cm³/mol. The predicted octanol–water partition coefficient (Wildman–Crippen LogP) is 3.94. The SMILES string of the molecule is CCOP(=O)(C=CCC1CCCN(C(=O)O)CC1)OCC. The van der Waals surface area contributed by atoms with E-state index in [-0.39, 0.29) is 0 Å². The summed E-state index contributed by atoms with van der Waals surface area (Å²) in [6.07, 6.45) is 4.49. The first-order valence-electron chi connectivity index (χ1n) is 7.55. The molecule has 7 heteroatoms. The zero-order valence-corrected chi connectivity index (χ0v) is 13.8. The highest BCUT2D eigenvalue weighted by Crippen LogP contribution is 2.49. The van der Waals surface area contributed by atoms with Crippen molar-refractivity contribution in [3.63, 3.8) is 0 Å². The first-order chi connectivity index (χ1) is 10.0. The van der Waals surface area contributed by atoms with Gasteiger partial charge in [-0.25, -0.2) is 4.79 Å². The Hall–Kier alpha value is -0.840. The minimum absolute atomic E-state index is 0.346. The molecule has 1 amide bonds. The molecular formula is C14H26NO5P. The van der Waals surface area contributed by atoms with E-state index in [4.69, 9.17) is 14.2 Å². The molecule has 0 spiro atoms. The fraction of sp³-hybridized carbons (Fsp3) is 0.786. The molecule has 0 radical (unpaired) electrons. The zero-order chi connectivity index (χ0) is 15.7. The van der Waals surface area contributed by atoms with E-state index in [1.165, 1.54) is 4.90 Å². The lowest BCUT2D eigenvalue weighted by Gasteiger charge is -2.16. The number of nitrogens with zero attached hydrogens (tertiary/aromatic N) is 1. The summed E-state index contributed by atoms with van der Waals surface area (Å²) in [7, 11) is -3.11. The molecule has 0 aromatic rings. The summed E-state index contributed by atoms with van der Waals surface area (Å²) in [5, 5.41) is 8.99. The summed E-state index contributed by atoms with van der Waals surface area (Å²) in [4.78, 5) is 12.4. The van der Waals surface area contributed by atoms with Crippen LogP contribution in [-0.2, 0) is 13.6 Å². The Balaban J connectivity index is 2.48. The summed E-state index contributed by atoms with van der Waals surface area (Å²) in [6.45, 7) is 5.43. The van der Waals surface area contributed by atoms with Crippen LogP contribution < -0.4 is 0 Å². The van der Waals surface area contributed by atoms with Crippen molar-refractivity contribution >= 4 is 13.7 Å². The van der Waals surface area contributed by atoms with E-state index >= 15 is 0 Å². The molecule has 1 fully saturated rings. The highest BCUT2D eigenvalue weighted by atomic mass is 31.2. The smallest absolute Gasteiger partial charge is 0.407 e. The van der Waals surface area contributed by atoms with Crippen LogP contribution in [0.2, 0.25) is 0 Å². The van der Waals surface area contributed by atoms with Gasteiger partial charge in [0.15, 0.2) is 0 Å². The molecule has 1 saturated heterocycles. The van der Waals surface area contributed by atoms with E-state index in [1.807, 2.05) is 6.08 Å². The van der Waals surface area contributed by atoms with E-state index in [1.54, 1.807) is 19.7 Å². The standard InChI is InChI=1S/C14H26NO5P/c1-3-19-21(18,20-4-2)12-6-8-13-7-5-10-15(11-9-13)14(16)17/h6,12-13H,3-5,7-11H2,1-2H3,(H,16,17). The minimum Gasteiger partial charge on any atom is -0.465 e. The van der Waals surface area contributed by atoms with E-state index in [0.29, 0.717) is 32.2 Å². The maximum absolute atomic E-state index is 12.2. The van der Waals surface area contributed by atoms with Crippen LogP contribution in [0.1, 0.15) is 39.5 Å². The molecule has 0 bridgehead atoms. The normalized spacial score (nSPS) is 20.7. The average Bonchev–Trinajstić information content (AvgIpc) is 2.65. The van der Waals surface area contributed by atoms with Crippen molar-refractivity contribution in [2.24, 2.45) is 5.92 Å². The molecule has 1 N–H and O–H groups in total. The van der Waals surface area contributed by atoms with Crippen LogP contribution in [0.3, 0.4) is 0 Å². The third-order valence-electron chi connectivity index (χ3n) is 3.49. The van der Waals surface area contributed by atoms with Crippen molar-refractivity contribution in [1.82, 2.24) is 4.90 Å². The van der Waals surface area contributed by atoms with Gasteiger partial charge in [0.2, 0.25) is 0 Å². The quantitative estimate of drug-likeness (QED) is 0.719. The van der Waals surface area contributed by atoms with E-state index in [0.717, 1.165) is 25.7 Å². The summed E-state index contributed by atoms with van der Waals surface area (Å²) >= 11 is 0. The van der Waals surface area contributed by atoms with Crippen molar-refractivity contribution < 1.29 is 23.5 Å². The van der Waals surface area contributed by atoms with Gasteiger partial charge in [0.1, 0.15) is 0 Å². The van der Waals surface area contributed by atoms with Gasteiger partial charge in [0.05, 0.1) is 13.2 Å². The molecule has 1 unspecified atom stereocenters. The Morgan fingerprint density at radius 3 is 2.52 bits per heavy atom. The Morgan fingerprint density at radius 2 is 1.95 bits per heavy atom. The number of hydrogen-bond donors (Lipinski definition) is 1. The Bertz CT molecular complexity index is 389. The van der Waals surface area contributed by atoms with Crippen LogP contribution >= 0.6 is 7.60 Å². The van der Waals surface area contributed by atoms with E-state index in [2.05, 4.69) is 0 Å². The minimum atomic E-state index is -3.11. The van der Waals surface area contributed by atoms with Crippen molar-refractivity contribution in [3.05, 3.63) is 11.9 Å². The van der Waals surface area contributed by atoms with Crippen LogP contribution in [0.15, 0.2) is 11.9 Å². The molecule has 0 saturated carbocycles. The van der Waals surface area contributed by atoms with Gasteiger partial charge in [-0.3, -0.25) is 4.57 Å². The summed E-state index contributed by atoms with van der Waals surface area (Å²) in [5.74, 6) is 1.96. The van der Waals surface area contributed by atoms with Crippen LogP contribution in [0.4, 0.5) is 4.79 Å².